The first-order valence-electron chi connectivity index (χ1n) is 7.50. The number of benzene rings is 1. The van der Waals surface area contributed by atoms with Gasteiger partial charge in [0.25, 0.3) is 0 Å². The van der Waals surface area contributed by atoms with Crippen molar-refractivity contribution in [3.8, 4) is 5.88 Å². The quantitative estimate of drug-likeness (QED) is 0.937. The molecule has 0 spiro atoms. The standard InChI is InChI=1S/C17H21N3O/c1-13-17(20-10-9-19-13)21-12-15-11-18-8-7-16(15)14-5-3-2-4-6-14/h2-6,9-10,15-16,18H,7-8,11-12H2,1H3/t15-,16-/m0/s1. The van der Waals surface area contributed by atoms with E-state index in [0.29, 0.717) is 24.3 Å². The normalized spacial score (nSPS) is 22.0. The molecule has 3 rings (SSSR count). The van der Waals surface area contributed by atoms with E-state index in [2.05, 4.69) is 45.6 Å². The Kier molecular flexibility index (Phi) is 4.46. The van der Waals surface area contributed by atoms with E-state index >= 15 is 0 Å². The Balaban J connectivity index is 1.69. The van der Waals surface area contributed by atoms with Gasteiger partial charge < -0.3 is 10.1 Å². The lowest BCUT2D eigenvalue weighted by Crippen LogP contribution is -2.38. The molecular formula is C17H21N3O. The Morgan fingerprint density at radius 3 is 2.81 bits per heavy atom. The predicted molar refractivity (Wildman–Crippen MR) is 82.4 cm³/mol. The number of rotatable bonds is 4. The lowest BCUT2D eigenvalue weighted by molar-refractivity contribution is 0.190. The second-order valence-electron chi connectivity index (χ2n) is 5.53. The second kappa shape index (κ2) is 6.68. The fourth-order valence-corrected chi connectivity index (χ4v) is 2.96. The zero-order valence-corrected chi connectivity index (χ0v) is 12.3. The molecule has 1 aliphatic heterocycles. The summed E-state index contributed by atoms with van der Waals surface area (Å²) >= 11 is 0. The summed E-state index contributed by atoms with van der Waals surface area (Å²) in [6, 6.07) is 10.7. The first kappa shape index (κ1) is 14.0. The van der Waals surface area contributed by atoms with Crippen molar-refractivity contribution >= 4 is 0 Å². The zero-order chi connectivity index (χ0) is 14.5. The van der Waals surface area contributed by atoms with Crippen molar-refractivity contribution < 1.29 is 4.74 Å². The molecule has 1 aromatic carbocycles. The highest BCUT2D eigenvalue weighted by atomic mass is 16.5. The van der Waals surface area contributed by atoms with E-state index in [4.69, 9.17) is 4.74 Å². The van der Waals surface area contributed by atoms with Gasteiger partial charge >= 0.3 is 0 Å². The third kappa shape index (κ3) is 3.39. The van der Waals surface area contributed by atoms with Crippen LogP contribution in [-0.2, 0) is 0 Å². The Hall–Kier alpha value is -1.94. The van der Waals surface area contributed by atoms with Crippen molar-refractivity contribution in [3.63, 3.8) is 0 Å². The number of aromatic nitrogens is 2. The molecule has 4 nitrogen and oxygen atoms in total. The molecule has 0 saturated carbocycles. The van der Waals surface area contributed by atoms with Gasteiger partial charge in [-0.1, -0.05) is 30.3 Å². The van der Waals surface area contributed by atoms with Gasteiger partial charge in [0.05, 0.1) is 12.3 Å². The molecule has 0 radical (unpaired) electrons. The van der Waals surface area contributed by atoms with Gasteiger partial charge in [-0.25, -0.2) is 4.98 Å². The molecule has 1 fully saturated rings. The Labute approximate surface area is 125 Å². The molecular weight excluding hydrogens is 262 g/mol. The van der Waals surface area contributed by atoms with Gasteiger partial charge in [0.15, 0.2) is 0 Å². The summed E-state index contributed by atoms with van der Waals surface area (Å²) in [6.07, 6.45) is 4.52. The van der Waals surface area contributed by atoms with Gasteiger partial charge in [-0.3, -0.25) is 4.98 Å². The third-order valence-corrected chi connectivity index (χ3v) is 4.11. The van der Waals surface area contributed by atoms with Crippen LogP contribution in [0.1, 0.15) is 23.6 Å². The molecule has 1 aromatic heterocycles. The van der Waals surface area contributed by atoms with Gasteiger partial charge in [0.2, 0.25) is 5.88 Å². The van der Waals surface area contributed by atoms with Crippen LogP contribution in [0.4, 0.5) is 0 Å². The van der Waals surface area contributed by atoms with Crippen molar-refractivity contribution in [2.24, 2.45) is 5.92 Å². The van der Waals surface area contributed by atoms with Gasteiger partial charge in [0, 0.05) is 24.9 Å². The second-order valence-corrected chi connectivity index (χ2v) is 5.53. The highest BCUT2D eigenvalue weighted by molar-refractivity contribution is 5.21. The number of hydrogen-bond acceptors (Lipinski definition) is 4. The van der Waals surface area contributed by atoms with Gasteiger partial charge in [-0.15, -0.1) is 0 Å². The number of hydrogen-bond donors (Lipinski definition) is 1. The highest BCUT2D eigenvalue weighted by Crippen LogP contribution is 2.30. The SMILES string of the molecule is Cc1nccnc1OC[C@@H]1CNCC[C@H]1c1ccccc1. The van der Waals surface area contributed by atoms with E-state index in [1.165, 1.54) is 5.56 Å². The van der Waals surface area contributed by atoms with Crippen molar-refractivity contribution in [1.29, 1.82) is 0 Å². The smallest absolute Gasteiger partial charge is 0.235 e. The van der Waals surface area contributed by atoms with Crippen molar-refractivity contribution in [3.05, 3.63) is 54.0 Å². The highest BCUT2D eigenvalue weighted by Gasteiger charge is 2.27. The summed E-state index contributed by atoms with van der Waals surface area (Å²) in [6.45, 7) is 4.65. The first-order chi connectivity index (χ1) is 10.3. The van der Waals surface area contributed by atoms with Crippen molar-refractivity contribution in [2.45, 2.75) is 19.3 Å². The molecule has 0 unspecified atom stereocenters. The molecule has 2 heterocycles. The molecule has 1 aliphatic rings. The number of piperidine rings is 1. The van der Waals surface area contributed by atoms with Crippen LogP contribution < -0.4 is 10.1 Å². The largest absolute Gasteiger partial charge is 0.476 e. The molecule has 1 N–H and O–H groups in total. The summed E-state index contributed by atoms with van der Waals surface area (Å²) in [5.74, 6) is 1.65. The van der Waals surface area contributed by atoms with E-state index in [0.717, 1.165) is 25.2 Å². The maximum absolute atomic E-state index is 5.91. The van der Waals surface area contributed by atoms with Crippen LogP contribution in [0.15, 0.2) is 42.7 Å². The molecule has 2 aromatic rings. The molecule has 1 saturated heterocycles. The minimum atomic E-state index is 0.461. The lowest BCUT2D eigenvalue weighted by atomic mass is 9.81. The van der Waals surface area contributed by atoms with Crippen LogP contribution in [0.3, 0.4) is 0 Å². The van der Waals surface area contributed by atoms with Crippen molar-refractivity contribution in [2.75, 3.05) is 19.7 Å². The monoisotopic (exact) mass is 283 g/mol. The van der Waals surface area contributed by atoms with E-state index in [1.54, 1.807) is 12.4 Å². The van der Waals surface area contributed by atoms with Crippen LogP contribution in [0.25, 0.3) is 0 Å². The minimum Gasteiger partial charge on any atom is -0.476 e. The van der Waals surface area contributed by atoms with Crippen LogP contribution in [0, 0.1) is 12.8 Å². The molecule has 110 valence electrons. The Morgan fingerprint density at radius 1 is 1.19 bits per heavy atom. The van der Waals surface area contributed by atoms with Gasteiger partial charge in [-0.05, 0) is 31.4 Å². The van der Waals surface area contributed by atoms with Crippen molar-refractivity contribution in [1.82, 2.24) is 15.3 Å². The number of aryl methyl sites for hydroxylation is 1. The minimum absolute atomic E-state index is 0.461. The first-order valence-corrected chi connectivity index (χ1v) is 7.50. The van der Waals surface area contributed by atoms with E-state index in [9.17, 15) is 0 Å². The summed E-state index contributed by atoms with van der Waals surface area (Å²) < 4.78 is 5.91. The maximum atomic E-state index is 5.91. The van der Waals surface area contributed by atoms with Crippen LogP contribution in [-0.4, -0.2) is 29.7 Å². The summed E-state index contributed by atoms with van der Waals surface area (Å²) in [5, 5.41) is 3.47. The zero-order valence-electron chi connectivity index (χ0n) is 12.3. The number of ether oxygens (including phenoxy) is 1. The summed E-state index contributed by atoms with van der Waals surface area (Å²) in [4.78, 5) is 8.47. The summed E-state index contributed by atoms with van der Waals surface area (Å²) in [5.41, 5.74) is 2.25. The van der Waals surface area contributed by atoms with Gasteiger partial charge in [-0.2, -0.15) is 0 Å². The van der Waals surface area contributed by atoms with Gasteiger partial charge in [0.1, 0.15) is 0 Å². The lowest BCUT2D eigenvalue weighted by Gasteiger charge is -2.32. The summed E-state index contributed by atoms with van der Waals surface area (Å²) in [7, 11) is 0. The fraction of sp³-hybridized carbons (Fsp3) is 0.412. The fourth-order valence-electron chi connectivity index (χ4n) is 2.96. The Morgan fingerprint density at radius 2 is 2.00 bits per heavy atom. The molecule has 4 heteroatoms. The Bertz CT molecular complexity index is 573. The van der Waals surface area contributed by atoms with E-state index in [-0.39, 0.29) is 0 Å². The van der Waals surface area contributed by atoms with E-state index < -0.39 is 0 Å². The van der Waals surface area contributed by atoms with E-state index in [1.807, 2.05) is 6.92 Å². The topological polar surface area (TPSA) is 47.0 Å². The molecule has 0 aliphatic carbocycles. The van der Waals surface area contributed by atoms with Crippen LogP contribution in [0.5, 0.6) is 5.88 Å². The molecule has 2 atom stereocenters. The number of nitrogens with zero attached hydrogens (tertiary/aromatic N) is 2. The number of nitrogens with one attached hydrogen (secondary N) is 1. The molecule has 0 bridgehead atoms. The molecule has 21 heavy (non-hydrogen) atoms. The third-order valence-electron chi connectivity index (χ3n) is 4.11. The van der Waals surface area contributed by atoms with Crippen LogP contribution in [0.2, 0.25) is 0 Å². The van der Waals surface area contributed by atoms with Crippen LogP contribution >= 0.6 is 0 Å². The average Bonchev–Trinajstić information content (AvgIpc) is 2.55. The molecule has 0 amide bonds. The maximum Gasteiger partial charge on any atom is 0.235 e. The average molecular weight is 283 g/mol. The predicted octanol–water partition coefficient (Wildman–Crippen LogP) is 2.56.